The van der Waals surface area contributed by atoms with Gasteiger partial charge in [-0.1, -0.05) is 28.9 Å². The second-order valence-electron chi connectivity index (χ2n) is 4.74. The Hall–Kier alpha value is -1.83. The summed E-state index contributed by atoms with van der Waals surface area (Å²) in [4.78, 5) is 0. The third-order valence-corrected chi connectivity index (χ3v) is 3.99. The molecule has 2 aromatic carbocycles. The summed E-state index contributed by atoms with van der Waals surface area (Å²) in [6.07, 6.45) is 0. The molecule has 0 spiro atoms. The molecule has 108 valence electrons. The number of rotatable bonds is 5. The van der Waals surface area contributed by atoms with Gasteiger partial charge in [0, 0.05) is 11.0 Å². The van der Waals surface area contributed by atoms with Crippen molar-refractivity contribution in [2.45, 2.75) is 20.4 Å². The first kappa shape index (κ1) is 15.6. The minimum atomic E-state index is 0.547. The van der Waals surface area contributed by atoms with Crippen molar-refractivity contribution in [3.8, 4) is 17.6 Å². The van der Waals surface area contributed by atoms with Crippen LogP contribution in [-0.2, 0) is 6.54 Å². The molecule has 0 saturated heterocycles. The third kappa shape index (κ3) is 4.07. The highest BCUT2D eigenvalue weighted by Gasteiger charge is 2.07. The fraction of sp³-hybridized carbons (Fsp3) is 0.235. The lowest BCUT2D eigenvalue weighted by Gasteiger charge is -2.10. The van der Waals surface area contributed by atoms with Gasteiger partial charge in [-0.3, -0.25) is 0 Å². The first-order valence-corrected chi connectivity index (χ1v) is 7.61. The summed E-state index contributed by atoms with van der Waals surface area (Å²) < 4.78 is 6.87. The Morgan fingerprint density at radius 2 is 2.05 bits per heavy atom. The van der Waals surface area contributed by atoms with Crippen LogP contribution in [0.3, 0.4) is 0 Å². The Morgan fingerprint density at radius 1 is 1.24 bits per heavy atom. The summed E-state index contributed by atoms with van der Waals surface area (Å²) in [5.41, 5.74) is 2.72. The smallest absolute Gasteiger partial charge is 0.145 e. The molecule has 0 aliphatic rings. The molecule has 2 aromatic rings. The number of nitrogens with one attached hydrogen (secondary N) is 1. The van der Waals surface area contributed by atoms with E-state index in [-0.39, 0.29) is 0 Å². The molecule has 0 aliphatic carbocycles. The van der Waals surface area contributed by atoms with Gasteiger partial charge in [0.15, 0.2) is 0 Å². The predicted molar refractivity (Wildman–Crippen MR) is 87.5 cm³/mol. The largest absolute Gasteiger partial charge is 0.456 e. The van der Waals surface area contributed by atoms with Crippen molar-refractivity contribution in [3.63, 3.8) is 0 Å². The molecule has 0 heterocycles. The summed E-state index contributed by atoms with van der Waals surface area (Å²) in [5, 5.41) is 12.5. The summed E-state index contributed by atoms with van der Waals surface area (Å²) in [6.45, 7) is 5.71. The molecular formula is C17H17BrN2O. The maximum Gasteiger partial charge on any atom is 0.145 e. The molecule has 21 heavy (non-hydrogen) atoms. The van der Waals surface area contributed by atoms with Gasteiger partial charge in [-0.2, -0.15) is 5.26 Å². The van der Waals surface area contributed by atoms with Gasteiger partial charge in [-0.25, -0.2) is 0 Å². The molecule has 4 heteroatoms. The second kappa shape index (κ2) is 7.26. The van der Waals surface area contributed by atoms with Gasteiger partial charge in [0.2, 0.25) is 0 Å². The van der Waals surface area contributed by atoms with E-state index in [0.29, 0.717) is 11.3 Å². The van der Waals surface area contributed by atoms with E-state index in [1.54, 1.807) is 0 Å². The highest BCUT2D eigenvalue weighted by atomic mass is 79.9. The van der Waals surface area contributed by atoms with Gasteiger partial charge in [-0.15, -0.1) is 0 Å². The molecule has 0 saturated carbocycles. The van der Waals surface area contributed by atoms with Crippen LogP contribution in [0.4, 0.5) is 0 Å². The van der Waals surface area contributed by atoms with Crippen LogP contribution in [-0.4, -0.2) is 6.54 Å². The van der Waals surface area contributed by atoms with Crippen molar-refractivity contribution in [3.05, 3.63) is 57.6 Å². The van der Waals surface area contributed by atoms with Crippen LogP contribution in [0.25, 0.3) is 0 Å². The topological polar surface area (TPSA) is 45.0 Å². The van der Waals surface area contributed by atoms with Crippen molar-refractivity contribution in [1.29, 1.82) is 5.26 Å². The highest BCUT2D eigenvalue weighted by Crippen LogP contribution is 2.28. The van der Waals surface area contributed by atoms with E-state index in [0.717, 1.165) is 34.4 Å². The van der Waals surface area contributed by atoms with Gasteiger partial charge in [0.25, 0.3) is 0 Å². The van der Waals surface area contributed by atoms with E-state index in [1.807, 2.05) is 43.3 Å². The zero-order valence-electron chi connectivity index (χ0n) is 12.1. The maximum atomic E-state index is 9.29. The molecule has 0 aliphatic heterocycles. The van der Waals surface area contributed by atoms with Crippen LogP contribution >= 0.6 is 15.9 Å². The van der Waals surface area contributed by atoms with Crippen molar-refractivity contribution in [2.75, 3.05) is 6.54 Å². The van der Waals surface area contributed by atoms with Gasteiger partial charge in [0.05, 0.1) is 5.56 Å². The Bertz CT molecular complexity index is 677. The molecule has 0 aromatic heterocycles. The standard InChI is InChI=1S/C17H17BrN2O/c1-3-20-11-13-4-7-17(14(9-13)10-19)21-15-5-6-16(18)12(2)8-15/h4-9,20H,3,11H2,1-2H3. The van der Waals surface area contributed by atoms with Crippen LogP contribution in [0, 0.1) is 18.3 Å². The Morgan fingerprint density at radius 3 is 2.71 bits per heavy atom. The number of nitrogens with zero attached hydrogens (tertiary/aromatic N) is 1. The lowest BCUT2D eigenvalue weighted by Crippen LogP contribution is -2.11. The first-order chi connectivity index (χ1) is 10.1. The van der Waals surface area contributed by atoms with E-state index < -0.39 is 0 Å². The normalized spacial score (nSPS) is 10.2. The maximum absolute atomic E-state index is 9.29. The van der Waals surface area contributed by atoms with E-state index in [4.69, 9.17) is 4.74 Å². The summed E-state index contributed by atoms with van der Waals surface area (Å²) in [6, 6.07) is 13.7. The van der Waals surface area contributed by atoms with E-state index in [1.165, 1.54) is 0 Å². The van der Waals surface area contributed by atoms with Crippen molar-refractivity contribution in [1.82, 2.24) is 5.32 Å². The zero-order chi connectivity index (χ0) is 15.2. The second-order valence-corrected chi connectivity index (χ2v) is 5.59. The quantitative estimate of drug-likeness (QED) is 0.866. The molecule has 1 N–H and O–H groups in total. The minimum absolute atomic E-state index is 0.547. The third-order valence-electron chi connectivity index (χ3n) is 3.10. The number of nitriles is 1. The van der Waals surface area contributed by atoms with Crippen LogP contribution in [0.1, 0.15) is 23.6 Å². The molecule has 3 nitrogen and oxygen atoms in total. The lowest BCUT2D eigenvalue weighted by atomic mass is 10.1. The Balaban J connectivity index is 2.23. The highest BCUT2D eigenvalue weighted by molar-refractivity contribution is 9.10. The van der Waals surface area contributed by atoms with Gasteiger partial charge < -0.3 is 10.1 Å². The van der Waals surface area contributed by atoms with Crippen molar-refractivity contribution in [2.24, 2.45) is 0 Å². The summed E-state index contributed by atoms with van der Waals surface area (Å²) in [5.74, 6) is 1.31. The average molecular weight is 345 g/mol. The van der Waals surface area contributed by atoms with Crippen molar-refractivity contribution < 1.29 is 4.74 Å². The average Bonchev–Trinajstić information content (AvgIpc) is 2.50. The molecule has 2 rings (SSSR count). The van der Waals surface area contributed by atoms with Crippen LogP contribution in [0.2, 0.25) is 0 Å². The predicted octanol–water partition coefficient (Wildman–Crippen LogP) is 4.53. The number of halogens is 1. The minimum Gasteiger partial charge on any atom is -0.456 e. The van der Waals surface area contributed by atoms with E-state index in [9.17, 15) is 5.26 Å². The number of hydrogen-bond acceptors (Lipinski definition) is 3. The molecule has 0 amide bonds. The van der Waals surface area contributed by atoms with E-state index >= 15 is 0 Å². The molecule has 0 bridgehead atoms. The fourth-order valence-electron chi connectivity index (χ4n) is 1.94. The number of ether oxygens (including phenoxy) is 1. The fourth-order valence-corrected chi connectivity index (χ4v) is 2.19. The number of hydrogen-bond donors (Lipinski definition) is 1. The number of benzene rings is 2. The summed E-state index contributed by atoms with van der Waals surface area (Å²) >= 11 is 3.46. The van der Waals surface area contributed by atoms with Crippen LogP contribution in [0.5, 0.6) is 11.5 Å². The van der Waals surface area contributed by atoms with Crippen LogP contribution < -0.4 is 10.1 Å². The Labute approximate surface area is 133 Å². The molecular weight excluding hydrogens is 328 g/mol. The zero-order valence-corrected chi connectivity index (χ0v) is 13.7. The molecule has 0 unspecified atom stereocenters. The molecule has 0 atom stereocenters. The van der Waals surface area contributed by atoms with Gasteiger partial charge >= 0.3 is 0 Å². The first-order valence-electron chi connectivity index (χ1n) is 6.81. The van der Waals surface area contributed by atoms with Gasteiger partial charge in [0.1, 0.15) is 17.6 Å². The van der Waals surface area contributed by atoms with E-state index in [2.05, 4.69) is 34.2 Å². The van der Waals surface area contributed by atoms with Gasteiger partial charge in [-0.05, 0) is 54.9 Å². The van der Waals surface area contributed by atoms with Crippen molar-refractivity contribution >= 4 is 15.9 Å². The number of aryl methyl sites for hydroxylation is 1. The monoisotopic (exact) mass is 344 g/mol. The molecule has 0 radical (unpaired) electrons. The summed E-state index contributed by atoms with van der Waals surface area (Å²) in [7, 11) is 0. The Kier molecular flexibility index (Phi) is 5.38. The lowest BCUT2D eigenvalue weighted by molar-refractivity contribution is 0.480. The SMILES string of the molecule is CCNCc1ccc(Oc2ccc(Br)c(C)c2)c(C#N)c1. The molecule has 0 fully saturated rings. The van der Waals surface area contributed by atoms with Crippen LogP contribution in [0.15, 0.2) is 40.9 Å².